The van der Waals surface area contributed by atoms with Gasteiger partial charge in [-0.15, -0.1) is 11.3 Å². The standard InChI is InChI=1S/C13H21N3O3S/c1-8(2)14-6-4-5-11(17)15-9(3)12-16-10(7-20-12)13(18)19/h7-9,14H,4-6H2,1-3H3,(H,15,17)(H,18,19). The van der Waals surface area contributed by atoms with Crippen LogP contribution in [0.3, 0.4) is 0 Å². The van der Waals surface area contributed by atoms with Gasteiger partial charge in [-0.25, -0.2) is 9.78 Å². The maximum absolute atomic E-state index is 11.7. The predicted molar refractivity (Wildman–Crippen MR) is 78.0 cm³/mol. The second kappa shape index (κ2) is 7.96. The molecule has 1 unspecified atom stereocenters. The zero-order valence-electron chi connectivity index (χ0n) is 12.0. The van der Waals surface area contributed by atoms with Crippen LogP contribution in [0.2, 0.25) is 0 Å². The number of hydrogen-bond acceptors (Lipinski definition) is 5. The second-order valence-corrected chi connectivity index (χ2v) is 5.77. The lowest BCUT2D eigenvalue weighted by atomic mass is 10.2. The number of amides is 1. The highest BCUT2D eigenvalue weighted by molar-refractivity contribution is 7.09. The lowest BCUT2D eigenvalue weighted by molar-refractivity contribution is -0.121. The van der Waals surface area contributed by atoms with Crippen LogP contribution in [0.1, 0.15) is 55.2 Å². The Labute approximate surface area is 122 Å². The van der Waals surface area contributed by atoms with E-state index in [9.17, 15) is 9.59 Å². The summed E-state index contributed by atoms with van der Waals surface area (Å²) in [5.41, 5.74) is 0.0206. The van der Waals surface area contributed by atoms with E-state index in [2.05, 4.69) is 29.5 Å². The summed E-state index contributed by atoms with van der Waals surface area (Å²) >= 11 is 1.24. The van der Waals surface area contributed by atoms with Crippen molar-refractivity contribution < 1.29 is 14.7 Å². The topological polar surface area (TPSA) is 91.3 Å². The summed E-state index contributed by atoms with van der Waals surface area (Å²) in [6, 6.07) is 0.153. The van der Waals surface area contributed by atoms with Gasteiger partial charge in [0.2, 0.25) is 5.91 Å². The normalized spacial score (nSPS) is 12.4. The van der Waals surface area contributed by atoms with Crippen molar-refractivity contribution in [1.82, 2.24) is 15.6 Å². The van der Waals surface area contributed by atoms with Gasteiger partial charge in [0.15, 0.2) is 5.69 Å². The quantitative estimate of drug-likeness (QED) is 0.637. The van der Waals surface area contributed by atoms with E-state index in [1.165, 1.54) is 16.7 Å². The zero-order chi connectivity index (χ0) is 15.1. The fourth-order valence-electron chi connectivity index (χ4n) is 1.60. The van der Waals surface area contributed by atoms with Gasteiger partial charge in [-0.1, -0.05) is 13.8 Å². The summed E-state index contributed by atoms with van der Waals surface area (Å²) < 4.78 is 0. The first-order valence-corrected chi connectivity index (χ1v) is 7.49. The van der Waals surface area contributed by atoms with E-state index in [0.717, 1.165) is 13.0 Å². The van der Waals surface area contributed by atoms with Gasteiger partial charge in [0, 0.05) is 17.8 Å². The molecule has 3 N–H and O–H groups in total. The van der Waals surface area contributed by atoms with Gasteiger partial charge in [-0.3, -0.25) is 4.79 Å². The zero-order valence-corrected chi connectivity index (χ0v) is 12.8. The molecule has 0 saturated carbocycles. The molecule has 20 heavy (non-hydrogen) atoms. The number of aromatic carboxylic acids is 1. The molecule has 0 radical (unpaired) electrons. The highest BCUT2D eigenvalue weighted by Crippen LogP contribution is 2.18. The maximum Gasteiger partial charge on any atom is 0.355 e. The summed E-state index contributed by atoms with van der Waals surface area (Å²) in [6.07, 6.45) is 1.22. The Hall–Kier alpha value is -1.47. The molecule has 6 nitrogen and oxygen atoms in total. The molecule has 0 aliphatic heterocycles. The fourth-order valence-corrected chi connectivity index (χ4v) is 2.40. The molecule has 112 valence electrons. The van der Waals surface area contributed by atoms with Gasteiger partial charge < -0.3 is 15.7 Å². The number of carboxylic acid groups (broad SMARTS) is 1. The average Bonchev–Trinajstić information content (AvgIpc) is 2.84. The highest BCUT2D eigenvalue weighted by Gasteiger charge is 2.15. The number of rotatable bonds is 8. The minimum absolute atomic E-state index is 0.0206. The number of aromatic nitrogens is 1. The number of carbonyl (C=O) groups excluding carboxylic acids is 1. The lowest BCUT2D eigenvalue weighted by Gasteiger charge is -2.12. The number of nitrogens with one attached hydrogen (secondary N) is 2. The molecule has 7 heteroatoms. The summed E-state index contributed by atoms with van der Waals surface area (Å²) in [5, 5.41) is 17.0. The molecule has 1 atom stereocenters. The average molecular weight is 299 g/mol. The first-order chi connectivity index (χ1) is 9.40. The second-order valence-electron chi connectivity index (χ2n) is 4.88. The van der Waals surface area contributed by atoms with Crippen molar-refractivity contribution in [1.29, 1.82) is 0 Å². The lowest BCUT2D eigenvalue weighted by Crippen LogP contribution is -2.28. The highest BCUT2D eigenvalue weighted by atomic mass is 32.1. The third-order valence-electron chi connectivity index (χ3n) is 2.62. The van der Waals surface area contributed by atoms with Crippen molar-refractivity contribution in [3.8, 4) is 0 Å². The number of hydrogen-bond donors (Lipinski definition) is 3. The maximum atomic E-state index is 11.7. The number of carboxylic acids is 1. The molecule has 1 amide bonds. The summed E-state index contributed by atoms with van der Waals surface area (Å²) in [6.45, 7) is 6.73. The van der Waals surface area contributed by atoms with Gasteiger partial charge in [0.1, 0.15) is 5.01 Å². The van der Waals surface area contributed by atoms with Crippen molar-refractivity contribution in [2.24, 2.45) is 0 Å². The molecule has 0 spiro atoms. The molecule has 1 aromatic heterocycles. The van der Waals surface area contributed by atoms with E-state index >= 15 is 0 Å². The smallest absolute Gasteiger partial charge is 0.355 e. The van der Waals surface area contributed by atoms with Gasteiger partial charge in [0.25, 0.3) is 0 Å². The Morgan fingerprint density at radius 3 is 2.65 bits per heavy atom. The molecule has 0 aliphatic rings. The Kier molecular flexibility index (Phi) is 6.60. The number of thiazole rings is 1. The molecular weight excluding hydrogens is 278 g/mol. The molecule has 1 rings (SSSR count). The molecular formula is C13H21N3O3S. The Morgan fingerprint density at radius 2 is 2.10 bits per heavy atom. The van der Waals surface area contributed by atoms with Crippen LogP contribution >= 0.6 is 11.3 Å². The third-order valence-corrected chi connectivity index (χ3v) is 3.65. The molecule has 0 bridgehead atoms. The minimum atomic E-state index is -1.05. The Morgan fingerprint density at radius 1 is 1.40 bits per heavy atom. The molecule has 1 aromatic rings. The van der Waals surface area contributed by atoms with Crippen molar-refractivity contribution in [2.75, 3.05) is 6.54 Å². The van der Waals surface area contributed by atoms with Gasteiger partial charge in [0.05, 0.1) is 6.04 Å². The SMILES string of the molecule is CC(C)NCCCC(=O)NC(C)c1nc(C(=O)O)cs1. The monoisotopic (exact) mass is 299 g/mol. The predicted octanol–water partition coefficient (Wildman–Crippen LogP) is 1.80. The number of carbonyl (C=O) groups is 2. The van der Waals surface area contributed by atoms with E-state index in [-0.39, 0.29) is 17.6 Å². The van der Waals surface area contributed by atoms with E-state index in [1.807, 2.05) is 0 Å². The van der Waals surface area contributed by atoms with Crippen LogP contribution in [0, 0.1) is 0 Å². The van der Waals surface area contributed by atoms with Crippen LogP contribution in [-0.4, -0.2) is 34.6 Å². The summed E-state index contributed by atoms with van der Waals surface area (Å²) in [7, 11) is 0. The van der Waals surface area contributed by atoms with Crippen molar-refractivity contribution in [3.05, 3.63) is 16.1 Å². The first kappa shape index (κ1) is 16.6. The largest absolute Gasteiger partial charge is 0.476 e. The molecule has 0 aliphatic carbocycles. The van der Waals surface area contributed by atoms with Crippen molar-refractivity contribution >= 4 is 23.2 Å². The van der Waals surface area contributed by atoms with Crippen molar-refractivity contribution in [2.45, 2.75) is 45.7 Å². The van der Waals surface area contributed by atoms with Gasteiger partial charge in [-0.2, -0.15) is 0 Å². The van der Waals surface area contributed by atoms with Crippen molar-refractivity contribution in [3.63, 3.8) is 0 Å². The first-order valence-electron chi connectivity index (χ1n) is 6.61. The Bertz CT molecular complexity index is 459. The number of nitrogens with zero attached hydrogens (tertiary/aromatic N) is 1. The van der Waals surface area contributed by atoms with Crippen LogP contribution < -0.4 is 10.6 Å². The molecule has 0 fully saturated rings. The minimum Gasteiger partial charge on any atom is -0.476 e. The van der Waals surface area contributed by atoms with E-state index in [4.69, 9.17) is 5.11 Å². The van der Waals surface area contributed by atoms with E-state index in [0.29, 0.717) is 17.5 Å². The molecule has 0 aromatic carbocycles. The van der Waals surface area contributed by atoms with E-state index in [1.54, 1.807) is 6.92 Å². The third kappa shape index (κ3) is 5.66. The van der Waals surface area contributed by atoms with Crippen LogP contribution in [0.4, 0.5) is 0 Å². The Balaban J connectivity index is 2.35. The molecule has 1 heterocycles. The van der Waals surface area contributed by atoms with Gasteiger partial charge in [-0.05, 0) is 19.9 Å². The van der Waals surface area contributed by atoms with E-state index < -0.39 is 5.97 Å². The van der Waals surface area contributed by atoms with Crippen LogP contribution in [0.5, 0.6) is 0 Å². The summed E-state index contributed by atoms with van der Waals surface area (Å²) in [5.74, 6) is -1.10. The fraction of sp³-hybridized carbons (Fsp3) is 0.615. The van der Waals surface area contributed by atoms with Gasteiger partial charge >= 0.3 is 5.97 Å². The summed E-state index contributed by atoms with van der Waals surface area (Å²) in [4.78, 5) is 26.4. The van der Waals surface area contributed by atoms with Crippen LogP contribution in [0.15, 0.2) is 5.38 Å². The van der Waals surface area contributed by atoms with Crippen LogP contribution in [0.25, 0.3) is 0 Å². The van der Waals surface area contributed by atoms with Crippen LogP contribution in [-0.2, 0) is 4.79 Å². The molecule has 0 saturated heterocycles.